The third-order valence-corrected chi connectivity index (χ3v) is 1.40. The van der Waals surface area contributed by atoms with Crippen molar-refractivity contribution in [3.05, 3.63) is 0 Å². The Labute approximate surface area is 60.6 Å². The van der Waals surface area contributed by atoms with Gasteiger partial charge in [0.1, 0.15) is 5.54 Å². The van der Waals surface area contributed by atoms with Crippen LogP contribution in [-0.2, 0) is 0 Å². The number of aliphatic imine (C=N–C) groups is 1. The molecule has 1 unspecified atom stereocenters. The van der Waals surface area contributed by atoms with Crippen LogP contribution in [0.2, 0.25) is 0 Å². The van der Waals surface area contributed by atoms with E-state index in [2.05, 4.69) is 4.99 Å². The van der Waals surface area contributed by atoms with Gasteiger partial charge in [-0.2, -0.15) is 0 Å². The molecule has 0 saturated carbocycles. The molecule has 0 spiro atoms. The largest absolute Gasteiger partial charge is 1.00 e. The summed E-state index contributed by atoms with van der Waals surface area (Å²) in [5, 5.41) is 10.8. The molecule has 4 heteroatoms. The van der Waals surface area contributed by atoms with E-state index in [1.165, 1.54) is 0 Å². The van der Waals surface area contributed by atoms with Crippen molar-refractivity contribution < 1.29 is 22.8 Å². The van der Waals surface area contributed by atoms with Crippen LogP contribution in [0.5, 0.6) is 0 Å². The van der Waals surface area contributed by atoms with Gasteiger partial charge in [0, 0.05) is 0 Å². The Morgan fingerprint density at radius 1 is 1.67 bits per heavy atom. The van der Waals surface area contributed by atoms with Gasteiger partial charge in [0.2, 0.25) is 6.23 Å². The van der Waals surface area contributed by atoms with Crippen molar-refractivity contribution >= 4 is 6.34 Å². The van der Waals surface area contributed by atoms with Gasteiger partial charge in [-0.15, -0.1) is 0 Å². The first kappa shape index (κ1) is 8.88. The normalized spacial score (nSPS) is 29.9. The minimum Gasteiger partial charge on any atom is -1.00 e. The van der Waals surface area contributed by atoms with Crippen molar-refractivity contribution in [2.75, 3.05) is 0 Å². The zero-order valence-corrected chi connectivity index (χ0v) is 6.26. The van der Waals surface area contributed by atoms with E-state index in [1.54, 1.807) is 11.7 Å². The van der Waals surface area contributed by atoms with Crippen molar-refractivity contribution in [3.63, 3.8) is 0 Å². The minimum atomic E-state index is -0.387. The molecule has 0 aromatic carbocycles. The maximum atomic E-state index is 9.08. The van der Waals surface area contributed by atoms with Crippen LogP contribution in [0.15, 0.2) is 4.99 Å². The topological polar surface area (TPSA) is 49.2 Å². The smallest absolute Gasteiger partial charge is 0.218 e. The first-order chi connectivity index (χ1) is 3.63. The summed E-state index contributed by atoms with van der Waals surface area (Å²) in [5.74, 6) is 0. The number of nitrogens with zero attached hydrogens (tertiary/aromatic N) is 1. The summed E-state index contributed by atoms with van der Waals surface area (Å²) in [5.41, 5.74) is -0.278. The first-order valence-corrected chi connectivity index (χ1v) is 2.70. The Hall–Kier alpha value is -0.120. The number of nitrogens with two attached hydrogens (primary N) is 1. The summed E-state index contributed by atoms with van der Waals surface area (Å²) in [6.07, 6.45) is 1.27. The average Bonchev–Trinajstić information content (AvgIpc) is 1.86. The molecule has 1 aliphatic heterocycles. The van der Waals surface area contributed by atoms with E-state index in [0.29, 0.717) is 0 Å². The van der Waals surface area contributed by atoms with Gasteiger partial charge in [-0.25, -0.2) is 4.99 Å². The maximum Gasteiger partial charge on any atom is 0.218 e. The van der Waals surface area contributed by atoms with Crippen molar-refractivity contribution in [1.29, 1.82) is 0 Å². The van der Waals surface area contributed by atoms with Crippen LogP contribution in [0.25, 0.3) is 0 Å². The summed E-state index contributed by atoms with van der Waals surface area (Å²) in [6, 6.07) is 0. The molecule has 1 heterocycles. The van der Waals surface area contributed by atoms with Crippen molar-refractivity contribution in [2.24, 2.45) is 4.99 Å². The number of quaternary nitrogens is 1. The first-order valence-electron chi connectivity index (χ1n) is 2.70. The van der Waals surface area contributed by atoms with E-state index in [-0.39, 0.29) is 24.2 Å². The van der Waals surface area contributed by atoms with Crippen molar-refractivity contribution in [2.45, 2.75) is 25.6 Å². The number of hydrogen-bond donors (Lipinski definition) is 2. The highest BCUT2D eigenvalue weighted by Gasteiger charge is 2.33. The van der Waals surface area contributed by atoms with Crippen LogP contribution >= 0.6 is 0 Å². The highest BCUT2D eigenvalue weighted by Crippen LogP contribution is 2.10. The standard InChI is InChI=1S/C5H10N2O.ClH/c1-5(2)4(8)6-3-7-5;/h3-4,8H,1-2H3,(H,6,7);1H. The molecule has 0 aromatic rings. The number of aliphatic hydroxyl groups is 1. The van der Waals surface area contributed by atoms with E-state index < -0.39 is 0 Å². The van der Waals surface area contributed by atoms with E-state index in [1.807, 2.05) is 13.8 Å². The summed E-state index contributed by atoms with van der Waals surface area (Å²) < 4.78 is 0. The van der Waals surface area contributed by atoms with Crippen LogP contribution in [0.1, 0.15) is 13.8 Å². The number of aliphatic hydroxyl groups excluding tert-OH is 1. The molecule has 1 aliphatic rings. The molecule has 0 aromatic heterocycles. The fourth-order valence-electron chi connectivity index (χ4n) is 0.629. The quantitative estimate of drug-likeness (QED) is 0.361. The predicted octanol–water partition coefficient (Wildman–Crippen LogP) is -4.31. The van der Waals surface area contributed by atoms with Gasteiger partial charge in [-0.05, 0) is 13.8 Å². The molecule has 1 atom stereocenters. The van der Waals surface area contributed by atoms with Gasteiger partial charge < -0.3 is 17.5 Å². The number of hydrogen-bond acceptors (Lipinski definition) is 2. The maximum absolute atomic E-state index is 9.08. The molecular weight excluding hydrogens is 140 g/mol. The second-order valence-electron chi connectivity index (χ2n) is 2.57. The molecule has 0 fully saturated rings. The second-order valence-corrected chi connectivity index (χ2v) is 2.57. The van der Waals surface area contributed by atoms with Gasteiger partial charge in [0.25, 0.3) is 0 Å². The zero-order valence-electron chi connectivity index (χ0n) is 5.50. The third-order valence-electron chi connectivity index (χ3n) is 1.40. The Kier molecular flexibility index (Phi) is 2.61. The minimum absolute atomic E-state index is 0. The van der Waals surface area contributed by atoms with Gasteiger partial charge >= 0.3 is 0 Å². The summed E-state index contributed by atoms with van der Waals surface area (Å²) in [4.78, 5) is 4.02. The highest BCUT2D eigenvalue weighted by atomic mass is 35.5. The average molecular weight is 151 g/mol. The van der Waals surface area contributed by atoms with E-state index >= 15 is 0 Å². The molecule has 9 heavy (non-hydrogen) atoms. The molecule has 0 aliphatic carbocycles. The summed E-state index contributed by atoms with van der Waals surface area (Å²) in [6.45, 7) is 3.80. The number of rotatable bonds is 0. The van der Waals surface area contributed by atoms with Gasteiger partial charge in [0.05, 0.1) is 0 Å². The van der Waals surface area contributed by atoms with Crippen LogP contribution < -0.4 is 17.7 Å². The van der Waals surface area contributed by atoms with Crippen molar-refractivity contribution in [1.82, 2.24) is 0 Å². The Morgan fingerprint density at radius 3 is 2.33 bits per heavy atom. The molecule has 3 N–H and O–H groups in total. The lowest BCUT2D eigenvalue weighted by molar-refractivity contribution is -0.616. The molecule has 0 radical (unpaired) electrons. The molecule has 0 amide bonds. The molecule has 1 rings (SSSR count). The lowest BCUT2D eigenvalue weighted by Gasteiger charge is -2.13. The molecule has 3 nitrogen and oxygen atoms in total. The summed E-state index contributed by atoms with van der Waals surface area (Å²) in [7, 11) is 0. The Balaban J connectivity index is 0.000000640. The second kappa shape index (κ2) is 2.64. The third kappa shape index (κ3) is 1.64. The Bertz CT molecular complexity index is 124. The molecule has 0 bridgehead atoms. The summed E-state index contributed by atoms with van der Waals surface area (Å²) >= 11 is 0. The lowest BCUT2D eigenvalue weighted by atomic mass is 10.1. The monoisotopic (exact) mass is 150 g/mol. The molecular formula is C5H11ClN2O. The van der Waals surface area contributed by atoms with Crippen LogP contribution in [-0.4, -0.2) is 23.2 Å². The highest BCUT2D eigenvalue weighted by molar-refractivity contribution is 5.45. The fraction of sp³-hybridized carbons (Fsp3) is 0.800. The van der Waals surface area contributed by atoms with Crippen LogP contribution in [0.3, 0.4) is 0 Å². The number of halogens is 1. The van der Waals surface area contributed by atoms with Crippen LogP contribution in [0, 0.1) is 0 Å². The van der Waals surface area contributed by atoms with Crippen molar-refractivity contribution in [3.8, 4) is 0 Å². The molecule has 54 valence electrons. The molecule has 0 saturated heterocycles. The lowest BCUT2D eigenvalue weighted by Crippen LogP contribution is -3.00. The van der Waals surface area contributed by atoms with Gasteiger partial charge in [-0.3, -0.25) is 5.32 Å². The van der Waals surface area contributed by atoms with Gasteiger partial charge in [-0.1, -0.05) is 0 Å². The Morgan fingerprint density at radius 2 is 2.22 bits per heavy atom. The van der Waals surface area contributed by atoms with Crippen LogP contribution in [0.4, 0.5) is 0 Å². The zero-order chi connectivity index (χ0) is 6.20. The predicted molar refractivity (Wildman–Crippen MR) is 30.5 cm³/mol. The van der Waals surface area contributed by atoms with E-state index in [0.717, 1.165) is 0 Å². The van der Waals surface area contributed by atoms with E-state index in [4.69, 9.17) is 5.11 Å². The fourth-order valence-corrected chi connectivity index (χ4v) is 0.629. The van der Waals surface area contributed by atoms with E-state index in [9.17, 15) is 0 Å². The SMILES string of the molecule is CC1(C)N=C[NH2+]C1O.[Cl-]. The van der Waals surface area contributed by atoms with Gasteiger partial charge in [0.15, 0.2) is 6.34 Å².